The number of fused-ring (bicyclic) bond motifs is 2. The molecule has 4 atom stereocenters. The van der Waals surface area contributed by atoms with E-state index in [0.29, 0.717) is 18.7 Å². The molecule has 1 fully saturated rings. The maximum atomic E-state index is 14.2. The van der Waals surface area contributed by atoms with Gasteiger partial charge in [-0.25, -0.2) is 0 Å². The van der Waals surface area contributed by atoms with Crippen LogP contribution in [0.1, 0.15) is 24.5 Å². The Labute approximate surface area is 223 Å². The van der Waals surface area contributed by atoms with Gasteiger partial charge in [0.2, 0.25) is 0 Å². The van der Waals surface area contributed by atoms with Crippen molar-refractivity contribution in [2.45, 2.75) is 50.2 Å². The van der Waals surface area contributed by atoms with E-state index < -0.39 is 20.0 Å². The molecule has 0 unspecified atom stereocenters. The lowest BCUT2D eigenvalue weighted by molar-refractivity contribution is -0.146. The quantitative estimate of drug-likeness (QED) is 0.450. The largest absolute Gasteiger partial charge is 0.491 e. The number of anilines is 1. The van der Waals surface area contributed by atoms with Crippen LogP contribution in [0.2, 0.25) is 18.6 Å². The van der Waals surface area contributed by atoms with Gasteiger partial charge >= 0.3 is 0 Å². The van der Waals surface area contributed by atoms with Gasteiger partial charge in [-0.05, 0) is 55.4 Å². The number of benzene rings is 2. The number of aromatic nitrogens is 1. The SMILES string of the molecule is COc1cccn(-c2ccc(CN3C(=O)[C@@]4(O[C@@H](CCO)[C@H]([Si](C)(C)O)[C@H]4C)c4ccccc43)cc2)c1=O. The summed E-state index contributed by atoms with van der Waals surface area (Å²) < 4.78 is 13.3. The summed E-state index contributed by atoms with van der Waals surface area (Å²) in [6.45, 7) is 6.00. The number of hydrogen-bond acceptors (Lipinski definition) is 6. The third kappa shape index (κ3) is 4.10. The van der Waals surface area contributed by atoms with Crippen LogP contribution in [0.3, 0.4) is 0 Å². The summed E-state index contributed by atoms with van der Waals surface area (Å²) in [7, 11) is -1.25. The molecule has 1 aromatic heterocycles. The van der Waals surface area contributed by atoms with Gasteiger partial charge in [0.25, 0.3) is 11.5 Å². The van der Waals surface area contributed by atoms with E-state index in [4.69, 9.17) is 9.47 Å². The minimum absolute atomic E-state index is 0.0727. The number of pyridine rings is 1. The highest BCUT2D eigenvalue weighted by Crippen LogP contribution is 2.59. The van der Waals surface area contributed by atoms with Gasteiger partial charge in [0.05, 0.1) is 25.4 Å². The monoisotopic (exact) mass is 534 g/mol. The first-order valence-corrected chi connectivity index (χ1v) is 15.9. The number of aliphatic hydroxyl groups is 1. The first-order valence-electron chi connectivity index (χ1n) is 12.9. The van der Waals surface area contributed by atoms with Gasteiger partial charge in [0, 0.05) is 35.5 Å². The van der Waals surface area contributed by atoms with Gasteiger partial charge in [-0.1, -0.05) is 37.3 Å². The molecule has 1 amide bonds. The van der Waals surface area contributed by atoms with E-state index in [1.54, 1.807) is 23.2 Å². The van der Waals surface area contributed by atoms with Gasteiger partial charge in [0.15, 0.2) is 19.7 Å². The molecule has 0 aliphatic carbocycles. The molecule has 2 aliphatic heterocycles. The van der Waals surface area contributed by atoms with E-state index in [-0.39, 0.29) is 35.3 Å². The summed E-state index contributed by atoms with van der Waals surface area (Å²) in [4.78, 5) is 39.8. The third-order valence-electron chi connectivity index (χ3n) is 7.99. The lowest BCUT2D eigenvalue weighted by Crippen LogP contribution is -2.46. The molecule has 3 heterocycles. The van der Waals surface area contributed by atoms with Crippen molar-refractivity contribution in [2.75, 3.05) is 18.6 Å². The fourth-order valence-corrected chi connectivity index (χ4v) is 8.97. The molecule has 8 nitrogen and oxygen atoms in total. The molecule has 2 aromatic carbocycles. The number of ether oxygens (including phenoxy) is 2. The highest BCUT2D eigenvalue weighted by molar-refractivity contribution is 6.71. The van der Waals surface area contributed by atoms with Crippen LogP contribution in [0.4, 0.5) is 5.69 Å². The Kier molecular flexibility index (Phi) is 6.81. The van der Waals surface area contributed by atoms with Gasteiger partial charge in [-0.3, -0.25) is 14.2 Å². The highest BCUT2D eigenvalue weighted by atomic mass is 28.4. The second kappa shape index (κ2) is 9.81. The van der Waals surface area contributed by atoms with Crippen molar-refractivity contribution in [3.05, 3.63) is 88.3 Å². The number of aliphatic hydroxyl groups excluding tert-OH is 1. The van der Waals surface area contributed by atoms with E-state index >= 15 is 0 Å². The highest BCUT2D eigenvalue weighted by Gasteiger charge is 2.65. The van der Waals surface area contributed by atoms with Gasteiger partial charge in [-0.2, -0.15) is 0 Å². The zero-order chi connectivity index (χ0) is 27.2. The van der Waals surface area contributed by atoms with Crippen molar-refractivity contribution in [2.24, 2.45) is 5.92 Å². The summed E-state index contributed by atoms with van der Waals surface area (Å²) >= 11 is 0. The Morgan fingerprint density at radius 3 is 2.42 bits per heavy atom. The molecule has 2 N–H and O–H groups in total. The Morgan fingerprint density at radius 2 is 1.76 bits per heavy atom. The van der Waals surface area contributed by atoms with Crippen molar-refractivity contribution in [1.82, 2.24) is 4.57 Å². The van der Waals surface area contributed by atoms with Gasteiger partial charge < -0.3 is 24.3 Å². The van der Waals surface area contributed by atoms with Crippen LogP contribution in [0.15, 0.2) is 71.7 Å². The van der Waals surface area contributed by atoms with Crippen molar-refractivity contribution >= 4 is 19.9 Å². The topological polar surface area (TPSA) is 101 Å². The van der Waals surface area contributed by atoms with E-state index in [9.17, 15) is 19.5 Å². The van der Waals surface area contributed by atoms with Crippen LogP contribution < -0.4 is 15.2 Å². The van der Waals surface area contributed by atoms with Crippen molar-refractivity contribution < 1.29 is 24.2 Å². The molecule has 1 spiro atoms. The van der Waals surface area contributed by atoms with Crippen molar-refractivity contribution in [3.8, 4) is 11.4 Å². The minimum atomic E-state index is -2.72. The fourth-order valence-electron chi connectivity index (χ4n) is 6.36. The molecule has 2 aliphatic rings. The number of rotatable bonds is 7. The maximum absolute atomic E-state index is 14.2. The molecular formula is C29H34N2O6Si. The van der Waals surface area contributed by atoms with E-state index in [1.165, 1.54) is 11.7 Å². The van der Waals surface area contributed by atoms with Gasteiger partial charge in [0.1, 0.15) is 0 Å². The van der Waals surface area contributed by atoms with Crippen molar-refractivity contribution in [1.29, 1.82) is 0 Å². The molecule has 1 saturated heterocycles. The number of amides is 1. The van der Waals surface area contributed by atoms with E-state index in [2.05, 4.69) is 0 Å². The number of para-hydroxylation sites is 1. The molecular weight excluding hydrogens is 500 g/mol. The number of carbonyl (C=O) groups is 1. The van der Waals surface area contributed by atoms with Crippen LogP contribution in [0.5, 0.6) is 5.75 Å². The second-order valence-electron chi connectivity index (χ2n) is 10.7. The van der Waals surface area contributed by atoms with E-state index in [1.807, 2.05) is 68.5 Å². The molecule has 9 heteroatoms. The second-order valence-corrected chi connectivity index (χ2v) is 14.7. The predicted octanol–water partition coefficient (Wildman–Crippen LogP) is 3.57. The van der Waals surface area contributed by atoms with Crippen LogP contribution in [0, 0.1) is 5.92 Å². The van der Waals surface area contributed by atoms with Crippen LogP contribution in [-0.4, -0.2) is 48.5 Å². The predicted molar refractivity (Wildman–Crippen MR) is 147 cm³/mol. The molecule has 5 rings (SSSR count). The van der Waals surface area contributed by atoms with Crippen molar-refractivity contribution in [3.63, 3.8) is 0 Å². The third-order valence-corrected chi connectivity index (χ3v) is 10.5. The Balaban J connectivity index is 1.49. The van der Waals surface area contributed by atoms with Crippen LogP contribution >= 0.6 is 0 Å². The summed E-state index contributed by atoms with van der Waals surface area (Å²) in [5.41, 5.74) is 1.53. The molecule has 3 aromatic rings. The van der Waals surface area contributed by atoms with Crippen LogP contribution in [-0.2, 0) is 21.7 Å². The van der Waals surface area contributed by atoms with Gasteiger partial charge in [-0.15, -0.1) is 0 Å². The lowest BCUT2D eigenvalue weighted by Gasteiger charge is -2.32. The Hall–Kier alpha value is -3.24. The minimum Gasteiger partial charge on any atom is -0.491 e. The number of carbonyl (C=O) groups excluding carboxylic acids is 1. The summed E-state index contributed by atoms with van der Waals surface area (Å²) in [5.74, 6) is -0.145. The summed E-state index contributed by atoms with van der Waals surface area (Å²) in [6.07, 6.45) is 1.65. The molecule has 0 bridgehead atoms. The Morgan fingerprint density at radius 1 is 1.05 bits per heavy atom. The summed E-state index contributed by atoms with van der Waals surface area (Å²) in [5, 5.41) is 9.72. The summed E-state index contributed by atoms with van der Waals surface area (Å²) in [6, 6.07) is 18.6. The number of methoxy groups -OCH3 is 1. The molecule has 0 radical (unpaired) electrons. The lowest BCUT2D eigenvalue weighted by atomic mass is 9.82. The smallest absolute Gasteiger partial charge is 0.297 e. The molecule has 38 heavy (non-hydrogen) atoms. The normalized spacial score (nSPS) is 24.7. The first kappa shape index (κ1) is 26.4. The average molecular weight is 535 g/mol. The Bertz CT molecular complexity index is 1400. The fraction of sp³-hybridized carbons (Fsp3) is 0.379. The van der Waals surface area contributed by atoms with Crippen LogP contribution in [0.25, 0.3) is 5.69 Å². The average Bonchev–Trinajstić information content (AvgIpc) is 3.32. The number of hydrogen-bond donors (Lipinski definition) is 2. The first-order chi connectivity index (χ1) is 18.1. The number of nitrogens with zero attached hydrogens (tertiary/aromatic N) is 2. The maximum Gasteiger partial charge on any atom is 0.297 e. The zero-order valence-electron chi connectivity index (χ0n) is 22.1. The van der Waals surface area contributed by atoms with E-state index in [0.717, 1.165) is 16.8 Å². The zero-order valence-corrected chi connectivity index (χ0v) is 23.1. The molecule has 0 saturated carbocycles. The molecule has 200 valence electrons. The standard InChI is InChI=1S/C29H34N2O6Si/c1-19-26(38(3,4)35)24(15-17-32)37-29(19)22-8-5-6-9-23(22)31(28(29)34)18-20-11-13-21(14-12-20)30-16-7-10-25(36-2)27(30)33/h5-14,16,19,24,26,32,35H,15,17-18H2,1-4H3/t19-,24+,26-,29+/m1/s1.